The Labute approximate surface area is 133 Å². The number of oxazole rings is 1. The van der Waals surface area contributed by atoms with Gasteiger partial charge in [0.1, 0.15) is 6.26 Å². The lowest BCUT2D eigenvalue weighted by molar-refractivity contribution is 0.201. The van der Waals surface area contributed by atoms with Crippen LogP contribution in [0.4, 0.5) is 0 Å². The maximum atomic E-state index is 5.59. The second kappa shape index (κ2) is 6.06. The summed E-state index contributed by atoms with van der Waals surface area (Å²) in [5.74, 6) is 1.34. The fraction of sp³-hybridized carbons (Fsp3) is 0.375. The van der Waals surface area contributed by atoms with E-state index in [1.54, 1.807) is 17.6 Å². The number of aromatic nitrogens is 3. The topological polar surface area (TPSA) is 58.0 Å². The van der Waals surface area contributed by atoms with Crippen LogP contribution in [0.15, 0.2) is 40.5 Å². The van der Waals surface area contributed by atoms with E-state index < -0.39 is 0 Å². The maximum absolute atomic E-state index is 5.59. The van der Waals surface area contributed by atoms with Gasteiger partial charge in [-0.3, -0.25) is 10.00 Å². The van der Waals surface area contributed by atoms with Gasteiger partial charge in [-0.1, -0.05) is 6.07 Å². The van der Waals surface area contributed by atoms with Gasteiger partial charge in [0.2, 0.25) is 5.89 Å². The molecule has 114 valence electrons. The molecule has 22 heavy (non-hydrogen) atoms. The first-order valence-electron chi connectivity index (χ1n) is 7.58. The predicted octanol–water partition coefficient (Wildman–Crippen LogP) is 3.51. The number of H-pyrrole nitrogens is 1. The van der Waals surface area contributed by atoms with E-state index >= 15 is 0 Å². The van der Waals surface area contributed by atoms with E-state index in [0.29, 0.717) is 5.92 Å². The van der Waals surface area contributed by atoms with E-state index in [4.69, 9.17) is 4.42 Å². The van der Waals surface area contributed by atoms with Gasteiger partial charge in [-0.15, -0.1) is 11.3 Å². The Morgan fingerprint density at radius 3 is 2.95 bits per heavy atom. The Bertz CT molecular complexity index is 696. The lowest BCUT2D eigenvalue weighted by Gasteiger charge is -2.30. The molecule has 0 bridgehead atoms. The molecule has 0 spiro atoms. The fourth-order valence-corrected chi connectivity index (χ4v) is 3.67. The van der Waals surface area contributed by atoms with Crippen LogP contribution in [0.25, 0.3) is 10.8 Å². The summed E-state index contributed by atoms with van der Waals surface area (Å²) in [6.45, 7) is 3.04. The second-order valence-corrected chi connectivity index (χ2v) is 6.63. The van der Waals surface area contributed by atoms with Crippen LogP contribution in [-0.2, 0) is 6.54 Å². The molecule has 0 radical (unpaired) electrons. The molecule has 1 saturated heterocycles. The van der Waals surface area contributed by atoms with Crippen LogP contribution in [0.1, 0.15) is 30.1 Å². The van der Waals surface area contributed by atoms with Crippen molar-refractivity contribution in [1.82, 2.24) is 20.1 Å². The Kier molecular flexibility index (Phi) is 3.78. The fourth-order valence-electron chi connectivity index (χ4n) is 3.02. The molecule has 1 aliphatic rings. The molecular weight excluding hydrogens is 296 g/mol. The van der Waals surface area contributed by atoms with E-state index in [-0.39, 0.29) is 0 Å². The van der Waals surface area contributed by atoms with Gasteiger partial charge in [-0.05, 0) is 43.4 Å². The van der Waals surface area contributed by atoms with E-state index in [1.165, 1.54) is 5.69 Å². The summed E-state index contributed by atoms with van der Waals surface area (Å²) in [6.07, 6.45) is 5.95. The van der Waals surface area contributed by atoms with Crippen LogP contribution < -0.4 is 0 Å². The molecule has 3 aromatic heterocycles. The molecule has 3 aromatic rings. The second-order valence-electron chi connectivity index (χ2n) is 5.68. The summed E-state index contributed by atoms with van der Waals surface area (Å²) in [5, 5.41) is 9.19. The van der Waals surface area contributed by atoms with E-state index in [0.717, 1.165) is 48.9 Å². The number of thiophene rings is 1. The minimum Gasteiger partial charge on any atom is -0.444 e. The molecule has 1 N–H and O–H groups in total. The van der Waals surface area contributed by atoms with Crippen molar-refractivity contribution in [2.24, 2.45) is 0 Å². The summed E-state index contributed by atoms with van der Waals surface area (Å²) in [7, 11) is 0. The van der Waals surface area contributed by atoms with Gasteiger partial charge in [0.15, 0.2) is 0 Å². The van der Waals surface area contributed by atoms with Crippen molar-refractivity contribution in [1.29, 1.82) is 0 Å². The van der Waals surface area contributed by atoms with Crippen LogP contribution in [0, 0.1) is 0 Å². The molecule has 5 nitrogen and oxygen atoms in total. The zero-order valence-corrected chi connectivity index (χ0v) is 13.1. The van der Waals surface area contributed by atoms with E-state index in [1.807, 2.05) is 23.7 Å². The highest BCUT2D eigenvalue weighted by molar-refractivity contribution is 7.13. The SMILES string of the molecule is c1csc(-c2nc(CN3CCC(c4ccn[nH]4)CC3)co2)c1. The minimum atomic E-state index is 0.609. The van der Waals surface area contributed by atoms with Crippen molar-refractivity contribution < 1.29 is 4.42 Å². The monoisotopic (exact) mass is 314 g/mol. The van der Waals surface area contributed by atoms with Gasteiger partial charge in [0.25, 0.3) is 0 Å². The number of hydrogen-bond acceptors (Lipinski definition) is 5. The first kappa shape index (κ1) is 13.7. The Hall–Kier alpha value is -1.92. The van der Waals surface area contributed by atoms with Crippen molar-refractivity contribution >= 4 is 11.3 Å². The van der Waals surface area contributed by atoms with Gasteiger partial charge in [-0.2, -0.15) is 5.10 Å². The van der Waals surface area contributed by atoms with Crippen LogP contribution in [-0.4, -0.2) is 33.2 Å². The van der Waals surface area contributed by atoms with Gasteiger partial charge in [0.05, 0.1) is 10.6 Å². The zero-order chi connectivity index (χ0) is 14.8. The highest BCUT2D eigenvalue weighted by Crippen LogP contribution is 2.28. The molecule has 0 aliphatic carbocycles. The third-order valence-electron chi connectivity index (χ3n) is 4.22. The van der Waals surface area contributed by atoms with Crippen molar-refractivity contribution in [3.63, 3.8) is 0 Å². The van der Waals surface area contributed by atoms with E-state index in [2.05, 4.69) is 26.1 Å². The lowest BCUT2D eigenvalue weighted by atomic mass is 9.94. The minimum absolute atomic E-state index is 0.609. The lowest BCUT2D eigenvalue weighted by Crippen LogP contribution is -2.32. The maximum Gasteiger partial charge on any atom is 0.236 e. The smallest absolute Gasteiger partial charge is 0.236 e. The molecule has 0 aromatic carbocycles. The van der Waals surface area contributed by atoms with Gasteiger partial charge < -0.3 is 4.42 Å². The molecule has 0 saturated carbocycles. The molecule has 4 rings (SSSR count). The molecular formula is C16H18N4OS. The molecule has 4 heterocycles. The standard InChI is InChI=1S/C16H18N4OS/c1-2-15(22-9-1)16-18-13(11-21-16)10-20-7-4-12(5-8-20)14-3-6-17-19-14/h1-3,6,9,11-12H,4-5,7-8,10H2,(H,17,19). The van der Waals surface area contributed by atoms with Crippen molar-refractivity contribution in [2.45, 2.75) is 25.3 Å². The Balaban J connectivity index is 1.35. The summed E-state index contributed by atoms with van der Waals surface area (Å²) >= 11 is 1.65. The number of rotatable bonds is 4. The predicted molar refractivity (Wildman–Crippen MR) is 85.7 cm³/mol. The molecule has 6 heteroatoms. The third kappa shape index (κ3) is 2.84. The van der Waals surface area contributed by atoms with E-state index in [9.17, 15) is 0 Å². The summed E-state index contributed by atoms with van der Waals surface area (Å²) in [5.41, 5.74) is 2.28. The van der Waals surface area contributed by atoms with Crippen LogP contribution in [0.3, 0.4) is 0 Å². The molecule has 0 atom stereocenters. The number of piperidine rings is 1. The van der Waals surface area contributed by atoms with Gasteiger partial charge in [-0.25, -0.2) is 4.98 Å². The highest BCUT2D eigenvalue weighted by atomic mass is 32.1. The first-order valence-corrected chi connectivity index (χ1v) is 8.46. The first-order chi connectivity index (χ1) is 10.9. The number of hydrogen-bond donors (Lipinski definition) is 1. The van der Waals surface area contributed by atoms with Crippen molar-refractivity contribution in [2.75, 3.05) is 13.1 Å². The quantitative estimate of drug-likeness (QED) is 0.800. The summed E-state index contributed by atoms with van der Waals surface area (Å²) in [4.78, 5) is 8.14. The highest BCUT2D eigenvalue weighted by Gasteiger charge is 2.22. The Morgan fingerprint density at radius 1 is 1.32 bits per heavy atom. The third-order valence-corrected chi connectivity index (χ3v) is 5.08. The number of nitrogens with zero attached hydrogens (tertiary/aromatic N) is 3. The Morgan fingerprint density at radius 2 is 2.23 bits per heavy atom. The molecule has 1 aliphatic heterocycles. The molecule has 0 amide bonds. The summed E-state index contributed by atoms with van der Waals surface area (Å²) in [6, 6.07) is 6.14. The van der Waals surface area contributed by atoms with Crippen LogP contribution in [0.2, 0.25) is 0 Å². The number of aromatic amines is 1. The number of likely N-dealkylation sites (tertiary alicyclic amines) is 1. The number of nitrogens with one attached hydrogen (secondary N) is 1. The van der Waals surface area contributed by atoms with Gasteiger partial charge >= 0.3 is 0 Å². The van der Waals surface area contributed by atoms with Crippen LogP contribution in [0.5, 0.6) is 0 Å². The summed E-state index contributed by atoms with van der Waals surface area (Å²) < 4.78 is 5.59. The molecule has 0 unspecified atom stereocenters. The van der Waals surface area contributed by atoms with Crippen molar-refractivity contribution in [3.8, 4) is 10.8 Å². The largest absolute Gasteiger partial charge is 0.444 e. The normalized spacial score (nSPS) is 17.1. The average molecular weight is 314 g/mol. The average Bonchev–Trinajstić information content (AvgIpc) is 3.30. The van der Waals surface area contributed by atoms with Gasteiger partial charge in [0, 0.05) is 24.4 Å². The zero-order valence-electron chi connectivity index (χ0n) is 12.2. The molecule has 1 fully saturated rings. The van der Waals surface area contributed by atoms with Crippen LogP contribution >= 0.6 is 11.3 Å². The van der Waals surface area contributed by atoms with Crippen molar-refractivity contribution in [3.05, 3.63) is 47.4 Å².